The maximum atomic E-state index is 12.8. The summed E-state index contributed by atoms with van der Waals surface area (Å²) >= 11 is 3.31. The number of methoxy groups -OCH3 is 1. The van der Waals surface area contributed by atoms with Gasteiger partial charge in [0.15, 0.2) is 0 Å². The number of para-hydroxylation sites is 1. The minimum absolute atomic E-state index is 0.153. The van der Waals surface area contributed by atoms with Crippen LogP contribution in [0, 0.1) is 0 Å². The first kappa shape index (κ1) is 24.1. The Bertz CT molecular complexity index is 1080. The van der Waals surface area contributed by atoms with Gasteiger partial charge in [-0.25, -0.2) is 13.8 Å². The van der Waals surface area contributed by atoms with Gasteiger partial charge in [-0.05, 0) is 42.5 Å². The highest BCUT2D eigenvalue weighted by atomic mass is 79.9. The van der Waals surface area contributed by atoms with Crippen molar-refractivity contribution >= 4 is 44.2 Å². The van der Waals surface area contributed by atoms with Gasteiger partial charge >= 0.3 is 0 Å². The van der Waals surface area contributed by atoms with Crippen molar-refractivity contribution in [3.05, 3.63) is 64.6 Å². The van der Waals surface area contributed by atoms with Crippen molar-refractivity contribution in [1.29, 1.82) is 0 Å². The number of halogens is 1. The van der Waals surface area contributed by atoms with Crippen LogP contribution in [-0.2, 0) is 14.8 Å². The molecule has 1 aliphatic heterocycles. The molecular weight excluding hydrogens is 496 g/mol. The van der Waals surface area contributed by atoms with Crippen LogP contribution >= 0.6 is 15.9 Å². The quantitative estimate of drug-likeness (QED) is 0.426. The molecule has 1 heterocycles. The van der Waals surface area contributed by atoms with Gasteiger partial charge in [0, 0.05) is 42.4 Å². The maximum absolute atomic E-state index is 12.8. The van der Waals surface area contributed by atoms with E-state index >= 15 is 0 Å². The Labute approximate surface area is 196 Å². The number of nitrogens with one attached hydrogen (secondary N) is 1. The number of hydrogen-bond acceptors (Lipinski definition) is 6. The van der Waals surface area contributed by atoms with Crippen LogP contribution < -0.4 is 10.2 Å². The van der Waals surface area contributed by atoms with Gasteiger partial charge < -0.3 is 4.74 Å². The smallest absolute Gasteiger partial charge is 0.254 e. The molecule has 2 aromatic carbocycles. The minimum atomic E-state index is -3.53. The highest BCUT2D eigenvalue weighted by Crippen LogP contribution is 2.20. The molecule has 32 heavy (non-hydrogen) atoms. The highest BCUT2D eigenvalue weighted by Gasteiger charge is 2.28. The van der Waals surface area contributed by atoms with Gasteiger partial charge in [-0.3, -0.25) is 9.69 Å². The van der Waals surface area contributed by atoms with E-state index in [-0.39, 0.29) is 17.3 Å². The Balaban J connectivity index is 1.44. The average molecular weight is 521 g/mol. The molecule has 0 bridgehead atoms. The van der Waals surface area contributed by atoms with Gasteiger partial charge in [-0.2, -0.15) is 9.41 Å². The molecule has 2 aromatic rings. The molecule has 3 rings (SSSR count). The van der Waals surface area contributed by atoms with Crippen LogP contribution in [0.25, 0.3) is 6.08 Å². The van der Waals surface area contributed by atoms with Gasteiger partial charge in [0.25, 0.3) is 5.91 Å². The van der Waals surface area contributed by atoms with Crippen molar-refractivity contribution in [2.45, 2.75) is 4.90 Å². The molecule has 0 saturated carbocycles. The third-order valence-corrected chi connectivity index (χ3v) is 7.36. The summed E-state index contributed by atoms with van der Waals surface area (Å²) in [5.74, 6) is 0.499. The van der Waals surface area contributed by atoms with E-state index in [2.05, 4.69) is 26.5 Å². The number of hydrogen-bond donors (Lipinski definition) is 1. The first-order chi connectivity index (χ1) is 15.4. The van der Waals surface area contributed by atoms with Crippen molar-refractivity contribution in [1.82, 2.24) is 14.6 Å². The summed E-state index contributed by atoms with van der Waals surface area (Å²) in [5, 5.41) is 3.92. The number of carbonyl (C=O) groups is 1. The number of rotatable bonds is 8. The van der Waals surface area contributed by atoms with Gasteiger partial charge in [-0.15, -0.1) is 0 Å². The fourth-order valence-corrected chi connectivity index (χ4v) is 4.91. The molecule has 0 spiro atoms. The average Bonchev–Trinajstić information content (AvgIpc) is 2.80. The van der Waals surface area contributed by atoms with Crippen molar-refractivity contribution < 1.29 is 17.9 Å². The number of piperazine rings is 1. The van der Waals surface area contributed by atoms with Crippen molar-refractivity contribution in [3.8, 4) is 5.75 Å². The molecule has 0 aromatic heterocycles. The lowest BCUT2D eigenvalue weighted by Gasteiger charge is -2.33. The number of carbonyl (C=O) groups excluding carboxylic acids is 1. The molecule has 1 N–H and O–H groups in total. The molecule has 170 valence electrons. The number of ether oxygens (including phenoxy) is 1. The predicted octanol–water partition coefficient (Wildman–Crippen LogP) is 2.58. The van der Waals surface area contributed by atoms with Crippen LogP contribution in [0.15, 0.2) is 69.1 Å². The van der Waals surface area contributed by atoms with Gasteiger partial charge in [-0.1, -0.05) is 34.1 Å². The summed E-state index contributed by atoms with van der Waals surface area (Å²) in [6.45, 7) is 1.76. The lowest BCUT2D eigenvalue weighted by atomic mass is 10.2. The molecule has 10 heteroatoms. The van der Waals surface area contributed by atoms with E-state index in [1.165, 1.54) is 10.5 Å². The Morgan fingerprint density at radius 3 is 2.50 bits per heavy atom. The summed E-state index contributed by atoms with van der Waals surface area (Å²) in [4.78, 5) is 14.3. The van der Waals surface area contributed by atoms with Crippen LogP contribution in [0.3, 0.4) is 0 Å². The first-order valence-electron chi connectivity index (χ1n) is 10.00. The number of hydrazone groups is 1. The second kappa shape index (κ2) is 11.4. The van der Waals surface area contributed by atoms with E-state index in [9.17, 15) is 13.2 Å². The lowest BCUT2D eigenvalue weighted by Crippen LogP contribution is -2.50. The fraction of sp³-hybridized carbons (Fsp3) is 0.273. The van der Waals surface area contributed by atoms with E-state index < -0.39 is 10.0 Å². The number of amides is 1. The zero-order chi connectivity index (χ0) is 23.0. The fourth-order valence-electron chi connectivity index (χ4n) is 3.23. The van der Waals surface area contributed by atoms with Crippen molar-refractivity contribution in [2.75, 3.05) is 39.8 Å². The van der Waals surface area contributed by atoms with Crippen LogP contribution in [-0.4, -0.2) is 69.6 Å². The van der Waals surface area contributed by atoms with Crippen molar-refractivity contribution in [2.24, 2.45) is 5.10 Å². The Hall–Kier alpha value is -2.53. The van der Waals surface area contributed by atoms with E-state index in [0.29, 0.717) is 26.2 Å². The second-order valence-electron chi connectivity index (χ2n) is 7.05. The zero-order valence-corrected chi connectivity index (χ0v) is 20.0. The third kappa shape index (κ3) is 6.49. The Morgan fingerprint density at radius 2 is 1.81 bits per heavy atom. The van der Waals surface area contributed by atoms with E-state index in [4.69, 9.17) is 4.74 Å². The molecule has 1 saturated heterocycles. The minimum Gasteiger partial charge on any atom is -0.496 e. The number of allylic oxidation sites excluding steroid dienone is 1. The number of benzene rings is 2. The number of sulfonamides is 1. The largest absolute Gasteiger partial charge is 0.496 e. The molecule has 0 radical (unpaired) electrons. The Kier molecular flexibility index (Phi) is 8.57. The molecule has 8 nitrogen and oxygen atoms in total. The summed E-state index contributed by atoms with van der Waals surface area (Å²) in [6.07, 6.45) is 5.04. The van der Waals surface area contributed by atoms with Gasteiger partial charge in [0.05, 0.1) is 18.6 Å². The summed E-state index contributed by atoms with van der Waals surface area (Å²) < 4.78 is 33.0. The molecule has 1 amide bonds. The summed E-state index contributed by atoms with van der Waals surface area (Å²) in [5.41, 5.74) is 3.39. The third-order valence-electron chi connectivity index (χ3n) is 4.91. The van der Waals surface area contributed by atoms with E-state index in [0.717, 1.165) is 15.8 Å². The van der Waals surface area contributed by atoms with Gasteiger partial charge in [0.1, 0.15) is 5.75 Å². The SMILES string of the molecule is COc1ccccc1/C=C/C=N/NC(=O)CN1CCN(S(=O)(=O)c2ccc(Br)cc2)CC1. The number of nitrogens with zero attached hydrogens (tertiary/aromatic N) is 3. The first-order valence-corrected chi connectivity index (χ1v) is 12.2. The predicted molar refractivity (Wildman–Crippen MR) is 128 cm³/mol. The Morgan fingerprint density at radius 1 is 1.12 bits per heavy atom. The zero-order valence-electron chi connectivity index (χ0n) is 17.6. The maximum Gasteiger partial charge on any atom is 0.254 e. The summed E-state index contributed by atoms with van der Waals surface area (Å²) in [6, 6.07) is 14.2. The van der Waals surface area contributed by atoms with Crippen LogP contribution in [0.5, 0.6) is 5.75 Å². The molecule has 0 aliphatic carbocycles. The normalized spacial score (nSPS) is 15.9. The molecule has 1 fully saturated rings. The topological polar surface area (TPSA) is 91.3 Å². The van der Waals surface area contributed by atoms with Crippen LogP contribution in [0.4, 0.5) is 0 Å². The van der Waals surface area contributed by atoms with Crippen LogP contribution in [0.1, 0.15) is 5.56 Å². The summed E-state index contributed by atoms with van der Waals surface area (Å²) in [7, 11) is -1.93. The molecule has 0 atom stereocenters. The standard InChI is InChI=1S/C22H25BrN4O4S/c1-31-21-7-3-2-5-18(21)6-4-12-24-25-22(28)17-26-13-15-27(16-14-26)32(29,30)20-10-8-19(23)9-11-20/h2-12H,13-17H2,1H3,(H,25,28)/b6-4+,24-12+. The highest BCUT2D eigenvalue weighted by molar-refractivity contribution is 9.10. The van der Waals surface area contributed by atoms with Crippen LogP contribution in [0.2, 0.25) is 0 Å². The molecule has 0 unspecified atom stereocenters. The molecule has 1 aliphatic rings. The van der Waals surface area contributed by atoms with Gasteiger partial charge in [0.2, 0.25) is 10.0 Å². The monoisotopic (exact) mass is 520 g/mol. The van der Waals surface area contributed by atoms with E-state index in [1.54, 1.807) is 37.5 Å². The lowest BCUT2D eigenvalue weighted by molar-refractivity contribution is -0.122. The second-order valence-corrected chi connectivity index (χ2v) is 9.90. The van der Waals surface area contributed by atoms with Crippen molar-refractivity contribution in [3.63, 3.8) is 0 Å². The molecular formula is C22H25BrN4O4S. The van der Waals surface area contributed by atoms with E-state index in [1.807, 2.05) is 35.2 Å².